The van der Waals surface area contributed by atoms with Crippen molar-refractivity contribution >= 4 is 11.9 Å². The van der Waals surface area contributed by atoms with Crippen molar-refractivity contribution in [2.45, 2.75) is 6.42 Å². The molecular weight excluding hydrogens is 232 g/mol. The van der Waals surface area contributed by atoms with E-state index < -0.39 is 18.4 Å². The Morgan fingerprint density at radius 3 is 1.71 bits per heavy atom. The van der Waals surface area contributed by atoms with Crippen LogP contribution in [-0.4, -0.2) is 38.2 Å². The molecular formula is C7H10N6O4. The Kier molecular flexibility index (Phi) is 8.64. The fourth-order valence-corrected chi connectivity index (χ4v) is 0.710. The molecule has 0 rings (SSSR count). The maximum atomic E-state index is 11.0. The Morgan fingerprint density at radius 1 is 0.941 bits per heavy atom. The van der Waals surface area contributed by atoms with Gasteiger partial charge in [-0.05, 0) is 11.1 Å². The van der Waals surface area contributed by atoms with Crippen molar-refractivity contribution in [3.05, 3.63) is 20.9 Å². The topological polar surface area (TPSA) is 150 Å². The van der Waals surface area contributed by atoms with Crippen LogP contribution in [-0.2, 0) is 19.1 Å². The van der Waals surface area contributed by atoms with Crippen LogP contribution in [0.15, 0.2) is 10.2 Å². The summed E-state index contributed by atoms with van der Waals surface area (Å²) in [5, 5.41) is 6.27. The number of carbonyl (C=O) groups excluding carboxylic acids is 2. The van der Waals surface area contributed by atoms with Gasteiger partial charge in [0.25, 0.3) is 0 Å². The molecule has 0 aliphatic rings. The molecule has 0 fully saturated rings. The van der Waals surface area contributed by atoms with Crippen LogP contribution in [0.25, 0.3) is 20.9 Å². The fourth-order valence-electron chi connectivity index (χ4n) is 0.710. The number of esters is 2. The third kappa shape index (κ3) is 9.85. The van der Waals surface area contributed by atoms with Gasteiger partial charge in [-0.2, -0.15) is 0 Å². The van der Waals surface area contributed by atoms with E-state index in [9.17, 15) is 9.59 Å². The van der Waals surface area contributed by atoms with Crippen LogP contribution < -0.4 is 0 Å². The zero-order valence-corrected chi connectivity index (χ0v) is 8.85. The summed E-state index contributed by atoms with van der Waals surface area (Å²) in [4.78, 5) is 26.8. The van der Waals surface area contributed by atoms with Crippen LogP contribution in [0.4, 0.5) is 0 Å². The highest BCUT2D eigenvalue weighted by molar-refractivity contribution is 5.91. The van der Waals surface area contributed by atoms with E-state index in [4.69, 9.17) is 11.1 Å². The summed E-state index contributed by atoms with van der Waals surface area (Å²) < 4.78 is 9.11. The maximum absolute atomic E-state index is 11.0. The standard InChI is InChI=1S/C7H10N6O4/c8-12-10-1-3-16-6(14)5-7(15)17-4-2-11-13-9/h1-5H2. The zero-order chi connectivity index (χ0) is 12.9. The minimum absolute atomic E-state index is 0.00811. The number of hydrogen-bond donors (Lipinski definition) is 0. The normalized spacial score (nSPS) is 8.47. The summed E-state index contributed by atoms with van der Waals surface area (Å²) in [5.74, 6) is -1.54. The minimum Gasteiger partial charge on any atom is -0.465 e. The highest BCUT2D eigenvalue weighted by Crippen LogP contribution is 1.91. The monoisotopic (exact) mass is 242 g/mol. The highest BCUT2D eigenvalue weighted by atomic mass is 16.6. The van der Waals surface area contributed by atoms with Crippen LogP contribution in [0.3, 0.4) is 0 Å². The molecule has 0 aromatic heterocycles. The number of carbonyl (C=O) groups is 2. The summed E-state index contributed by atoms with van der Waals surface area (Å²) in [6.07, 6.45) is -0.535. The maximum Gasteiger partial charge on any atom is 0.317 e. The van der Waals surface area contributed by atoms with E-state index in [1.807, 2.05) is 0 Å². The predicted molar refractivity (Wildman–Crippen MR) is 54.6 cm³/mol. The van der Waals surface area contributed by atoms with Crippen LogP contribution in [0.5, 0.6) is 0 Å². The van der Waals surface area contributed by atoms with Gasteiger partial charge in [-0.15, -0.1) is 0 Å². The van der Waals surface area contributed by atoms with Gasteiger partial charge in [0, 0.05) is 9.82 Å². The van der Waals surface area contributed by atoms with E-state index in [0.29, 0.717) is 0 Å². The first-order valence-electron chi connectivity index (χ1n) is 4.53. The second-order valence-electron chi connectivity index (χ2n) is 2.53. The molecule has 0 amide bonds. The van der Waals surface area contributed by atoms with E-state index in [1.165, 1.54) is 0 Å². The van der Waals surface area contributed by atoms with E-state index in [0.717, 1.165) is 0 Å². The van der Waals surface area contributed by atoms with Gasteiger partial charge in [-0.3, -0.25) is 9.59 Å². The molecule has 0 aliphatic heterocycles. The second-order valence-corrected chi connectivity index (χ2v) is 2.53. The van der Waals surface area contributed by atoms with E-state index in [1.54, 1.807) is 0 Å². The summed E-state index contributed by atoms with van der Waals surface area (Å²) in [5.41, 5.74) is 15.9. The molecule has 0 saturated heterocycles. The van der Waals surface area contributed by atoms with Crippen molar-refractivity contribution in [2.75, 3.05) is 26.3 Å². The van der Waals surface area contributed by atoms with Crippen LogP contribution in [0, 0.1) is 0 Å². The Morgan fingerprint density at radius 2 is 1.35 bits per heavy atom. The van der Waals surface area contributed by atoms with Gasteiger partial charge in [0.1, 0.15) is 6.42 Å². The molecule has 17 heavy (non-hydrogen) atoms. The van der Waals surface area contributed by atoms with E-state index in [2.05, 4.69) is 29.5 Å². The number of rotatable bonds is 8. The highest BCUT2D eigenvalue weighted by Gasteiger charge is 2.11. The lowest BCUT2D eigenvalue weighted by Crippen LogP contribution is -2.16. The predicted octanol–water partition coefficient (Wildman–Crippen LogP) is 1.08. The van der Waals surface area contributed by atoms with Gasteiger partial charge in [0.15, 0.2) is 0 Å². The molecule has 0 radical (unpaired) electrons. The zero-order valence-electron chi connectivity index (χ0n) is 8.85. The van der Waals surface area contributed by atoms with Crippen molar-refractivity contribution < 1.29 is 19.1 Å². The van der Waals surface area contributed by atoms with Gasteiger partial charge < -0.3 is 9.47 Å². The molecule has 0 aromatic rings. The molecule has 0 bridgehead atoms. The van der Waals surface area contributed by atoms with Crippen LogP contribution in [0.2, 0.25) is 0 Å². The number of azide groups is 2. The Bertz CT molecular complexity index is 323. The molecule has 0 aromatic carbocycles. The Balaban J connectivity index is 3.61. The summed E-state index contributed by atoms with van der Waals surface area (Å²) in [6, 6.07) is 0. The average Bonchev–Trinajstić information content (AvgIpc) is 2.30. The molecule has 0 spiro atoms. The van der Waals surface area contributed by atoms with Gasteiger partial charge in [-0.25, -0.2) is 0 Å². The number of nitrogens with zero attached hydrogens (tertiary/aromatic N) is 6. The molecule has 92 valence electrons. The first kappa shape index (κ1) is 14.6. The van der Waals surface area contributed by atoms with Crippen molar-refractivity contribution in [1.29, 1.82) is 0 Å². The van der Waals surface area contributed by atoms with Gasteiger partial charge in [0.2, 0.25) is 0 Å². The molecule has 10 nitrogen and oxygen atoms in total. The molecule has 0 aliphatic carbocycles. The van der Waals surface area contributed by atoms with Crippen LogP contribution >= 0.6 is 0 Å². The van der Waals surface area contributed by atoms with Crippen molar-refractivity contribution in [3.8, 4) is 0 Å². The minimum atomic E-state index is -0.771. The first-order chi connectivity index (χ1) is 8.20. The van der Waals surface area contributed by atoms with E-state index >= 15 is 0 Å². The molecule has 0 saturated carbocycles. The van der Waals surface area contributed by atoms with Crippen molar-refractivity contribution in [2.24, 2.45) is 10.2 Å². The number of ether oxygens (including phenoxy) is 2. The van der Waals surface area contributed by atoms with Crippen LogP contribution in [0.1, 0.15) is 6.42 Å². The van der Waals surface area contributed by atoms with Gasteiger partial charge in [0.05, 0.1) is 26.3 Å². The summed E-state index contributed by atoms with van der Waals surface area (Å²) >= 11 is 0. The van der Waals surface area contributed by atoms with Gasteiger partial charge >= 0.3 is 11.9 Å². The fraction of sp³-hybridized carbons (Fsp3) is 0.714. The first-order valence-corrected chi connectivity index (χ1v) is 4.53. The molecule has 0 atom stereocenters. The Hall–Kier alpha value is -2.44. The lowest BCUT2D eigenvalue weighted by Gasteiger charge is -2.03. The third-order valence-electron chi connectivity index (χ3n) is 1.32. The average molecular weight is 242 g/mol. The Labute approximate surface area is 95.7 Å². The largest absolute Gasteiger partial charge is 0.465 e. The molecule has 0 N–H and O–H groups in total. The molecule has 0 unspecified atom stereocenters. The SMILES string of the molecule is [N-]=[N+]=NCCOC(=O)CC(=O)OCCN=[N+]=[N-]. The summed E-state index contributed by atoms with van der Waals surface area (Å²) in [6.45, 7) is -0.161. The molecule has 10 heteroatoms. The third-order valence-corrected chi connectivity index (χ3v) is 1.32. The summed E-state index contributed by atoms with van der Waals surface area (Å²) in [7, 11) is 0. The quantitative estimate of drug-likeness (QED) is 0.156. The lowest BCUT2D eigenvalue weighted by molar-refractivity contribution is -0.154. The lowest BCUT2D eigenvalue weighted by atomic mass is 10.4. The van der Waals surface area contributed by atoms with Crippen molar-refractivity contribution in [3.63, 3.8) is 0 Å². The number of hydrogen-bond acceptors (Lipinski definition) is 6. The smallest absolute Gasteiger partial charge is 0.317 e. The van der Waals surface area contributed by atoms with Gasteiger partial charge in [-0.1, -0.05) is 10.2 Å². The van der Waals surface area contributed by atoms with Crippen molar-refractivity contribution in [1.82, 2.24) is 0 Å². The van der Waals surface area contributed by atoms with E-state index in [-0.39, 0.29) is 26.3 Å². The second kappa shape index (κ2) is 10.1. The molecule has 0 heterocycles.